The van der Waals surface area contributed by atoms with Gasteiger partial charge in [0.2, 0.25) is 0 Å². The van der Waals surface area contributed by atoms with Crippen molar-refractivity contribution in [2.75, 3.05) is 18.5 Å². The van der Waals surface area contributed by atoms with Crippen molar-refractivity contribution in [2.24, 2.45) is 0 Å². The van der Waals surface area contributed by atoms with E-state index in [0.717, 1.165) is 18.7 Å². The summed E-state index contributed by atoms with van der Waals surface area (Å²) in [4.78, 5) is 2.25. The zero-order valence-electron chi connectivity index (χ0n) is 11.7. The Labute approximate surface area is 115 Å². The minimum absolute atomic E-state index is 0.613. The number of anilines is 1. The van der Waals surface area contributed by atoms with Crippen LogP contribution in [0.3, 0.4) is 0 Å². The molecule has 2 aromatic rings. The molecule has 0 amide bonds. The molecule has 0 aliphatic rings. The number of hydrogen-bond donors (Lipinski definition) is 0. The molecule has 0 aromatic heterocycles. The zero-order valence-corrected chi connectivity index (χ0v) is 11.7. The molecule has 0 aliphatic carbocycles. The summed E-state index contributed by atoms with van der Waals surface area (Å²) in [7, 11) is 2.11. The molecule has 0 radical (unpaired) electrons. The number of hydrogen-bond acceptors (Lipinski definition) is 2. The lowest BCUT2D eigenvalue weighted by atomic mass is 10.2. The predicted molar refractivity (Wildman–Crippen MR) is 80.8 cm³/mol. The molecule has 0 heterocycles. The van der Waals surface area contributed by atoms with Crippen LogP contribution in [-0.2, 0) is 6.61 Å². The van der Waals surface area contributed by atoms with E-state index in [4.69, 9.17) is 4.74 Å². The average Bonchev–Trinajstić information content (AvgIpc) is 2.47. The lowest BCUT2D eigenvalue weighted by Gasteiger charge is -2.19. The Hall–Kier alpha value is -1.96. The zero-order chi connectivity index (χ0) is 13.5. The van der Waals surface area contributed by atoms with E-state index < -0.39 is 0 Å². The first-order chi connectivity index (χ1) is 9.29. The lowest BCUT2D eigenvalue weighted by molar-refractivity contribution is 0.306. The van der Waals surface area contributed by atoms with E-state index >= 15 is 0 Å². The standard InChI is InChI=1S/C17H21NO/c1-3-12-18(2)16-10-7-11-17(13-16)19-14-15-8-5-4-6-9-15/h4-11,13H,3,12,14H2,1-2H3. The van der Waals surface area contributed by atoms with Crippen molar-refractivity contribution in [1.29, 1.82) is 0 Å². The van der Waals surface area contributed by atoms with Gasteiger partial charge in [0.25, 0.3) is 0 Å². The van der Waals surface area contributed by atoms with Crippen molar-refractivity contribution in [3.63, 3.8) is 0 Å². The Morgan fingerprint density at radius 2 is 1.79 bits per heavy atom. The summed E-state index contributed by atoms with van der Waals surface area (Å²) in [6.45, 7) is 3.86. The van der Waals surface area contributed by atoms with Gasteiger partial charge in [-0.25, -0.2) is 0 Å². The first-order valence-corrected chi connectivity index (χ1v) is 6.77. The second kappa shape index (κ2) is 6.83. The van der Waals surface area contributed by atoms with E-state index in [1.54, 1.807) is 0 Å². The smallest absolute Gasteiger partial charge is 0.121 e. The third kappa shape index (κ3) is 4.02. The van der Waals surface area contributed by atoms with Gasteiger partial charge in [-0.05, 0) is 24.1 Å². The number of ether oxygens (including phenoxy) is 1. The van der Waals surface area contributed by atoms with Crippen molar-refractivity contribution in [3.8, 4) is 5.75 Å². The van der Waals surface area contributed by atoms with Crippen LogP contribution in [-0.4, -0.2) is 13.6 Å². The fourth-order valence-corrected chi connectivity index (χ4v) is 2.02. The molecule has 0 unspecified atom stereocenters. The van der Waals surface area contributed by atoms with Gasteiger partial charge < -0.3 is 9.64 Å². The third-order valence-corrected chi connectivity index (χ3v) is 3.07. The van der Waals surface area contributed by atoms with Gasteiger partial charge in [-0.1, -0.05) is 43.3 Å². The van der Waals surface area contributed by atoms with Crippen LogP contribution in [0.5, 0.6) is 5.75 Å². The Morgan fingerprint density at radius 3 is 2.53 bits per heavy atom. The average molecular weight is 255 g/mol. The molecule has 0 fully saturated rings. The van der Waals surface area contributed by atoms with E-state index in [1.165, 1.54) is 11.3 Å². The Kier molecular flexibility index (Phi) is 4.85. The van der Waals surface area contributed by atoms with Crippen LogP contribution in [0.2, 0.25) is 0 Å². The fourth-order valence-electron chi connectivity index (χ4n) is 2.02. The van der Waals surface area contributed by atoms with Gasteiger partial charge in [-0.2, -0.15) is 0 Å². The van der Waals surface area contributed by atoms with Crippen LogP contribution in [0.25, 0.3) is 0 Å². The molecule has 2 rings (SSSR count). The molecule has 100 valence electrons. The molecule has 2 aromatic carbocycles. The highest BCUT2D eigenvalue weighted by Gasteiger charge is 2.01. The van der Waals surface area contributed by atoms with Crippen LogP contribution in [0.15, 0.2) is 54.6 Å². The molecular weight excluding hydrogens is 234 g/mol. The molecule has 0 saturated heterocycles. The molecule has 19 heavy (non-hydrogen) atoms. The lowest BCUT2D eigenvalue weighted by Crippen LogP contribution is -2.17. The molecule has 0 saturated carbocycles. The normalized spacial score (nSPS) is 10.2. The summed E-state index contributed by atoms with van der Waals surface area (Å²) in [6, 6.07) is 18.5. The quantitative estimate of drug-likeness (QED) is 0.770. The highest BCUT2D eigenvalue weighted by atomic mass is 16.5. The van der Waals surface area contributed by atoms with E-state index in [9.17, 15) is 0 Å². The maximum Gasteiger partial charge on any atom is 0.121 e. The topological polar surface area (TPSA) is 12.5 Å². The maximum atomic E-state index is 5.83. The molecule has 0 atom stereocenters. The third-order valence-electron chi connectivity index (χ3n) is 3.07. The largest absolute Gasteiger partial charge is 0.489 e. The van der Waals surface area contributed by atoms with Crippen molar-refractivity contribution in [3.05, 3.63) is 60.2 Å². The van der Waals surface area contributed by atoms with Gasteiger partial charge in [0.15, 0.2) is 0 Å². The fraction of sp³-hybridized carbons (Fsp3) is 0.294. The molecule has 2 nitrogen and oxygen atoms in total. The summed E-state index contributed by atoms with van der Waals surface area (Å²) < 4.78 is 5.83. The van der Waals surface area contributed by atoms with Crippen LogP contribution in [0.4, 0.5) is 5.69 Å². The monoisotopic (exact) mass is 255 g/mol. The summed E-state index contributed by atoms with van der Waals surface area (Å²) in [6.07, 6.45) is 1.14. The molecular formula is C17H21NO. The second-order valence-electron chi connectivity index (χ2n) is 4.69. The van der Waals surface area contributed by atoms with Crippen LogP contribution in [0, 0.1) is 0 Å². The van der Waals surface area contributed by atoms with E-state index in [0.29, 0.717) is 6.61 Å². The molecule has 0 bridgehead atoms. The van der Waals surface area contributed by atoms with E-state index in [2.05, 4.69) is 43.1 Å². The van der Waals surface area contributed by atoms with Gasteiger partial charge in [-0.3, -0.25) is 0 Å². The van der Waals surface area contributed by atoms with Gasteiger partial charge >= 0.3 is 0 Å². The number of benzene rings is 2. The first kappa shape index (κ1) is 13.5. The highest BCUT2D eigenvalue weighted by molar-refractivity contribution is 5.50. The summed E-state index contributed by atoms with van der Waals surface area (Å²) in [5.41, 5.74) is 2.39. The number of nitrogens with zero attached hydrogens (tertiary/aromatic N) is 1. The predicted octanol–water partition coefficient (Wildman–Crippen LogP) is 4.11. The Bertz CT molecular complexity index is 496. The van der Waals surface area contributed by atoms with Crippen molar-refractivity contribution in [2.45, 2.75) is 20.0 Å². The molecule has 0 N–H and O–H groups in total. The molecule has 2 heteroatoms. The first-order valence-electron chi connectivity index (χ1n) is 6.77. The maximum absolute atomic E-state index is 5.83. The van der Waals surface area contributed by atoms with Crippen LogP contribution in [0.1, 0.15) is 18.9 Å². The summed E-state index contributed by atoms with van der Waals surface area (Å²) in [5, 5.41) is 0. The summed E-state index contributed by atoms with van der Waals surface area (Å²) in [5.74, 6) is 0.921. The van der Waals surface area contributed by atoms with E-state index in [-0.39, 0.29) is 0 Å². The molecule has 0 aliphatic heterocycles. The van der Waals surface area contributed by atoms with Gasteiger partial charge in [0.05, 0.1) is 0 Å². The van der Waals surface area contributed by atoms with E-state index in [1.807, 2.05) is 30.3 Å². The SMILES string of the molecule is CCCN(C)c1cccc(OCc2ccccc2)c1. The molecule has 0 spiro atoms. The highest BCUT2D eigenvalue weighted by Crippen LogP contribution is 2.21. The van der Waals surface area contributed by atoms with Gasteiger partial charge in [0.1, 0.15) is 12.4 Å². The van der Waals surface area contributed by atoms with Gasteiger partial charge in [0, 0.05) is 25.3 Å². The Morgan fingerprint density at radius 1 is 1.00 bits per heavy atom. The van der Waals surface area contributed by atoms with Crippen molar-refractivity contribution in [1.82, 2.24) is 0 Å². The minimum atomic E-state index is 0.613. The summed E-state index contributed by atoms with van der Waals surface area (Å²) >= 11 is 0. The Balaban J connectivity index is 1.99. The van der Waals surface area contributed by atoms with Crippen LogP contribution >= 0.6 is 0 Å². The van der Waals surface area contributed by atoms with Crippen molar-refractivity contribution < 1.29 is 4.74 Å². The minimum Gasteiger partial charge on any atom is -0.489 e. The second-order valence-corrected chi connectivity index (χ2v) is 4.69. The van der Waals surface area contributed by atoms with Crippen LogP contribution < -0.4 is 9.64 Å². The van der Waals surface area contributed by atoms with Crippen molar-refractivity contribution >= 4 is 5.69 Å². The van der Waals surface area contributed by atoms with Gasteiger partial charge in [-0.15, -0.1) is 0 Å². The number of rotatable bonds is 6.